The number of primary amides is 1. The van der Waals surface area contributed by atoms with E-state index in [4.69, 9.17) is 10.5 Å². The second kappa shape index (κ2) is 7.09. The molecule has 7 nitrogen and oxygen atoms in total. The fraction of sp³-hybridized carbons (Fsp3) is 0.214. The van der Waals surface area contributed by atoms with Gasteiger partial charge in [0.05, 0.1) is 11.9 Å². The summed E-state index contributed by atoms with van der Waals surface area (Å²) in [4.78, 5) is 29.7. The number of nitrogens with one attached hydrogen (secondary N) is 2. The SMILES string of the molecule is NC(=O)c1ccccc1OCC(=O)NCCc1cnc[nH]1. The molecule has 0 saturated carbocycles. The first-order valence-corrected chi connectivity index (χ1v) is 6.42. The number of nitrogens with zero attached hydrogens (tertiary/aromatic N) is 1. The van der Waals surface area contributed by atoms with Crippen LogP contribution in [0.3, 0.4) is 0 Å². The summed E-state index contributed by atoms with van der Waals surface area (Å²) in [5.74, 6) is -0.562. The quantitative estimate of drug-likeness (QED) is 0.678. The predicted octanol–water partition coefficient (Wildman–Crippen LogP) is 0.246. The second-order valence-corrected chi connectivity index (χ2v) is 4.33. The minimum Gasteiger partial charge on any atom is -0.483 e. The van der Waals surface area contributed by atoms with Gasteiger partial charge in [0.2, 0.25) is 0 Å². The Bertz CT molecular complexity index is 610. The Labute approximate surface area is 121 Å². The smallest absolute Gasteiger partial charge is 0.257 e. The number of imidazole rings is 1. The van der Waals surface area contributed by atoms with Crippen LogP contribution in [0.15, 0.2) is 36.8 Å². The molecule has 0 aliphatic rings. The maximum atomic E-state index is 11.6. The molecular weight excluding hydrogens is 272 g/mol. The summed E-state index contributed by atoms with van der Waals surface area (Å²) in [7, 11) is 0. The van der Waals surface area contributed by atoms with E-state index >= 15 is 0 Å². The first-order valence-electron chi connectivity index (χ1n) is 6.42. The molecule has 2 amide bonds. The highest BCUT2D eigenvalue weighted by Crippen LogP contribution is 2.16. The van der Waals surface area contributed by atoms with Gasteiger partial charge in [0.15, 0.2) is 6.61 Å². The summed E-state index contributed by atoms with van der Waals surface area (Å²) in [6, 6.07) is 6.53. The lowest BCUT2D eigenvalue weighted by Crippen LogP contribution is -2.31. The van der Waals surface area contributed by atoms with Crippen LogP contribution in [0.4, 0.5) is 0 Å². The standard InChI is InChI=1S/C14H16N4O3/c15-14(20)11-3-1-2-4-12(11)21-8-13(19)17-6-5-10-7-16-9-18-10/h1-4,7,9H,5-6,8H2,(H2,15,20)(H,16,18)(H,17,19). The number of carbonyl (C=O) groups is 2. The number of benzene rings is 1. The predicted molar refractivity (Wildman–Crippen MR) is 75.8 cm³/mol. The highest BCUT2D eigenvalue weighted by atomic mass is 16.5. The Morgan fingerprint density at radius 2 is 2.14 bits per heavy atom. The molecule has 0 unspecified atom stereocenters. The summed E-state index contributed by atoms with van der Waals surface area (Å²) in [6.45, 7) is 0.301. The number of hydrogen-bond acceptors (Lipinski definition) is 4. The van der Waals surface area contributed by atoms with Crippen molar-refractivity contribution >= 4 is 11.8 Å². The lowest BCUT2D eigenvalue weighted by atomic mass is 10.2. The molecule has 21 heavy (non-hydrogen) atoms. The summed E-state index contributed by atoms with van der Waals surface area (Å²) in [5, 5.41) is 2.71. The van der Waals surface area contributed by atoms with Crippen LogP contribution in [0, 0.1) is 0 Å². The fourth-order valence-electron chi connectivity index (χ4n) is 1.75. The average Bonchev–Trinajstić information content (AvgIpc) is 2.98. The number of ether oxygens (including phenoxy) is 1. The summed E-state index contributed by atoms with van der Waals surface area (Å²) >= 11 is 0. The van der Waals surface area contributed by atoms with Crippen molar-refractivity contribution in [2.24, 2.45) is 5.73 Å². The number of amides is 2. The van der Waals surface area contributed by atoms with Gasteiger partial charge in [-0.3, -0.25) is 9.59 Å². The molecule has 0 atom stereocenters. The molecule has 0 bridgehead atoms. The molecule has 0 aliphatic heterocycles. The number of H-pyrrole nitrogens is 1. The molecule has 0 radical (unpaired) electrons. The van der Waals surface area contributed by atoms with E-state index in [-0.39, 0.29) is 18.1 Å². The topological polar surface area (TPSA) is 110 Å². The Kier molecular flexibility index (Phi) is 4.92. The molecule has 1 heterocycles. The normalized spacial score (nSPS) is 10.1. The molecule has 0 aliphatic carbocycles. The zero-order chi connectivity index (χ0) is 15.1. The fourth-order valence-corrected chi connectivity index (χ4v) is 1.75. The van der Waals surface area contributed by atoms with Gasteiger partial charge in [-0.15, -0.1) is 0 Å². The van der Waals surface area contributed by atoms with Crippen molar-refractivity contribution in [2.75, 3.05) is 13.2 Å². The number of aromatic amines is 1. The van der Waals surface area contributed by atoms with E-state index in [0.29, 0.717) is 18.7 Å². The highest BCUT2D eigenvalue weighted by Gasteiger charge is 2.10. The number of nitrogens with two attached hydrogens (primary N) is 1. The average molecular weight is 288 g/mol. The lowest BCUT2D eigenvalue weighted by molar-refractivity contribution is -0.123. The van der Waals surface area contributed by atoms with Gasteiger partial charge in [0.25, 0.3) is 11.8 Å². The van der Waals surface area contributed by atoms with Crippen LogP contribution >= 0.6 is 0 Å². The van der Waals surface area contributed by atoms with Gasteiger partial charge in [-0.1, -0.05) is 12.1 Å². The van der Waals surface area contributed by atoms with Crippen LogP contribution in [-0.4, -0.2) is 34.9 Å². The first kappa shape index (κ1) is 14.6. The number of hydrogen-bond donors (Lipinski definition) is 3. The van der Waals surface area contributed by atoms with Crippen molar-refractivity contribution in [3.8, 4) is 5.75 Å². The monoisotopic (exact) mass is 288 g/mol. The van der Waals surface area contributed by atoms with E-state index < -0.39 is 5.91 Å². The highest BCUT2D eigenvalue weighted by molar-refractivity contribution is 5.95. The number of aromatic nitrogens is 2. The van der Waals surface area contributed by atoms with E-state index in [2.05, 4.69) is 15.3 Å². The zero-order valence-electron chi connectivity index (χ0n) is 11.3. The number of para-hydroxylation sites is 1. The molecule has 0 saturated heterocycles. The van der Waals surface area contributed by atoms with Crippen molar-refractivity contribution < 1.29 is 14.3 Å². The molecule has 1 aromatic carbocycles. The molecule has 4 N–H and O–H groups in total. The van der Waals surface area contributed by atoms with Crippen molar-refractivity contribution in [1.82, 2.24) is 15.3 Å². The Morgan fingerprint density at radius 3 is 2.86 bits per heavy atom. The van der Waals surface area contributed by atoms with Crippen LogP contribution < -0.4 is 15.8 Å². The van der Waals surface area contributed by atoms with Crippen molar-refractivity contribution in [2.45, 2.75) is 6.42 Å². The Morgan fingerprint density at radius 1 is 1.33 bits per heavy atom. The van der Waals surface area contributed by atoms with Crippen LogP contribution in [-0.2, 0) is 11.2 Å². The molecule has 0 fully saturated rings. The largest absolute Gasteiger partial charge is 0.483 e. The van der Waals surface area contributed by atoms with Gasteiger partial charge in [-0.2, -0.15) is 0 Å². The second-order valence-electron chi connectivity index (χ2n) is 4.33. The molecule has 0 spiro atoms. The molecular formula is C14H16N4O3. The minimum absolute atomic E-state index is 0.173. The molecule has 110 valence electrons. The Balaban J connectivity index is 1.77. The third-order valence-electron chi connectivity index (χ3n) is 2.78. The summed E-state index contributed by atoms with van der Waals surface area (Å²) < 4.78 is 5.31. The van der Waals surface area contributed by atoms with Gasteiger partial charge in [0.1, 0.15) is 5.75 Å². The Hall–Kier alpha value is -2.83. The van der Waals surface area contributed by atoms with Crippen LogP contribution in [0.1, 0.15) is 16.1 Å². The van der Waals surface area contributed by atoms with Gasteiger partial charge in [-0.25, -0.2) is 4.98 Å². The third kappa shape index (κ3) is 4.34. The number of rotatable bonds is 7. The summed E-state index contributed by atoms with van der Waals surface area (Å²) in [6.07, 6.45) is 3.94. The molecule has 2 rings (SSSR count). The van der Waals surface area contributed by atoms with Gasteiger partial charge in [0, 0.05) is 24.9 Å². The van der Waals surface area contributed by atoms with E-state index in [9.17, 15) is 9.59 Å². The van der Waals surface area contributed by atoms with E-state index in [0.717, 1.165) is 5.69 Å². The van der Waals surface area contributed by atoms with Crippen molar-refractivity contribution in [3.63, 3.8) is 0 Å². The van der Waals surface area contributed by atoms with Crippen LogP contribution in [0.5, 0.6) is 5.75 Å². The van der Waals surface area contributed by atoms with Gasteiger partial charge >= 0.3 is 0 Å². The van der Waals surface area contributed by atoms with Crippen LogP contribution in [0.2, 0.25) is 0 Å². The summed E-state index contributed by atoms with van der Waals surface area (Å²) in [5.41, 5.74) is 6.42. The maximum absolute atomic E-state index is 11.6. The van der Waals surface area contributed by atoms with Gasteiger partial charge < -0.3 is 20.8 Å². The third-order valence-corrected chi connectivity index (χ3v) is 2.78. The maximum Gasteiger partial charge on any atom is 0.257 e. The molecule has 7 heteroatoms. The van der Waals surface area contributed by atoms with Crippen molar-refractivity contribution in [3.05, 3.63) is 48.0 Å². The van der Waals surface area contributed by atoms with Crippen molar-refractivity contribution in [1.29, 1.82) is 0 Å². The molecule has 1 aromatic heterocycles. The zero-order valence-corrected chi connectivity index (χ0v) is 11.3. The molecule has 2 aromatic rings. The van der Waals surface area contributed by atoms with E-state index in [1.54, 1.807) is 36.8 Å². The van der Waals surface area contributed by atoms with E-state index in [1.807, 2.05) is 0 Å². The lowest BCUT2D eigenvalue weighted by Gasteiger charge is -2.09. The van der Waals surface area contributed by atoms with Crippen LogP contribution in [0.25, 0.3) is 0 Å². The van der Waals surface area contributed by atoms with Gasteiger partial charge in [-0.05, 0) is 12.1 Å². The minimum atomic E-state index is -0.592. The van der Waals surface area contributed by atoms with E-state index in [1.165, 1.54) is 0 Å². The number of carbonyl (C=O) groups excluding carboxylic acids is 2. The first-order chi connectivity index (χ1) is 10.2.